The van der Waals surface area contributed by atoms with E-state index in [0.717, 1.165) is 16.0 Å². The van der Waals surface area contributed by atoms with Gasteiger partial charge in [0.1, 0.15) is 11.6 Å². The summed E-state index contributed by atoms with van der Waals surface area (Å²) in [6, 6.07) is 11.4. The molecular formula is C18H19FN6O2S. The number of primary amides is 1. The number of tetrazole rings is 1. The molecule has 0 saturated heterocycles. The number of nitrogens with zero attached hydrogens (tertiary/aromatic N) is 4. The second-order valence-corrected chi connectivity index (χ2v) is 6.85. The van der Waals surface area contributed by atoms with Gasteiger partial charge in [-0.3, -0.25) is 9.52 Å². The zero-order valence-electron chi connectivity index (χ0n) is 15.3. The van der Waals surface area contributed by atoms with Crippen LogP contribution in [0.1, 0.15) is 18.5 Å². The molecule has 3 N–H and O–H groups in total. The van der Waals surface area contributed by atoms with E-state index in [1.807, 2.05) is 19.1 Å². The average Bonchev–Trinajstić information content (AvgIpc) is 3.18. The maximum absolute atomic E-state index is 13.1. The molecule has 1 atom stereocenters. The third-order valence-corrected chi connectivity index (χ3v) is 4.82. The molecular weight excluding hydrogens is 383 g/mol. The van der Waals surface area contributed by atoms with Crippen LogP contribution in [0.25, 0.3) is 11.4 Å². The molecule has 3 aromatic rings. The number of halogens is 1. The summed E-state index contributed by atoms with van der Waals surface area (Å²) in [7, 11) is 1.55. The largest absolute Gasteiger partial charge is 0.496 e. The van der Waals surface area contributed by atoms with E-state index < -0.39 is 5.91 Å². The molecule has 0 bridgehead atoms. The molecule has 0 aliphatic heterocycles. The molecule has 8 nitrogen and oxygen atoms in total. The first kappa shape index (κ1) is 19.8. The van der Waals surface area contributed by atoms with Crippen molar-refractivity contribution >= 4 is 17.9 Å². The van der Waals surface area contributed by atoms with Gasteiger partial charge in [0.15, 0.2) is 0 Å². The first-order chi connectivity index (χ1) is 13.5. The second-order valence-electron chi connectivity index (χ2n) is 5.92. The van der Waals surface area contributed by atoms with Crippen molar-refractivity contribution in [3.8, 4) is 17.1 Å². The number of methoxy groups -OCH3 is 1. The van der Waals surface area contributed by atoms with Gasteiger partial charge in [0.2, 0.25) is 11.7 Å². The molecule has 1 amide bonds. The number of ether oxygens (including phenoxy) is 1. The van der Waals surface area contributed by atoms with Crippen LogP contribution in [-0.4, -0.2) is 39.8 Å². The third kappa shape index (κ3) is 4.65. The molecule has 0 saturated carbocycles. The van der Waals surface area contributed by atoms with E-state index in [-0.39, 0.29) is 18.4 Å². The summed E-state index contributed by atoms with van der Waals surface area (Å²) >= 11 is 1.24. The topological polar surface area (TPSA) is 108 Å². The molecule has 0 aliphatic carbocycles. The van der Waals surface area contributed by atoms with Gasteiger partial charge in [-0.15, -0.1) is 10.2 Å². The Balaban J connectivity index is 1.78. The zero-order chi connectivity index (χ0) is 20.1. The molecule has 1 unspecified atom stereocenters. The quantitative estimate of drug-likeness (QED) is 0.556. The minimum absolute atomic E-state index is 0.0483. The minimum Gasteiger partial charge on any atom is -0.496 e. The Kier molecular flexibility index (Phi) is 6.22. The van der Waals surface area contributed by atoms with Crippen LogP contribution in [0.15, 0.2) is 47.4 Å². The summed E-state index contributed by atoms with van der Waals surface area (Å²) in [6.45, 7) is 1.95. The van der Waals surface area contributed by atoms with Crippen molar-refractivity contribution < 1.29 is 13.9 Å². The fourth-order valence-corrected chi connectivity index (χ4v) is 3.20. The van der Waals surface area contributed by atoms with Crippen molar-refractivity contribution in [1.29, 1.82) is 0 Å². The number of amides is 1. The van der Waals surface area contributed by atoms with Crippen LogP contribution >= 0.6 is 11.9 Å². The van der Waals surface area contributed by atoms with Crippen molar-refractivity contribution in [3.63, 3.8) is 0 Å². The van der Waals surface area contributed by atoms with Crippen LogP contribution in [0.4, 0.5) is 4.39 Å². The number of carbonyl (C=O) groups is 1. The number of nitrogens with one attached hydrogen (secondary N) is 1. The molecule has 0 radical (unpaired) electrons. The van der Waals surface area contributed by atoms with E-state index in [2.05, 4.69) is 20.1 Å². The smallest absolute Gasteiger partial charge is 0.232 e. The van der Waals surface area contributed by atoms with Crippen molar-refractivity contribution in [2.45, 2.75) is 17.9 Å². The Morgan fingerprint density at radius 2 is 2.07 bits per heavy atom. The fourth-order valence-electron chi connectivity index (χ4n) is 2.46. The van der Waals surface area contributed by atoms with Crippen LogP contribution in [0.2, 0.25) is 0 Å². The van der Waals surface area contributed by atoms with Crippen LogP contribution < -0.4 is 15.2 Å². The standard InChI is InChI=1S/C18H19FN6O2S/c1-11(12-3-6-14(19)7-4-12)25-23-18(22-24-25)13-5-8-16(15(9-13)27-2)28-21-10-17(20)26/h3-9,11,21H,10H2,1-2H3,(H2,20,26). The van der Waals surface area contributed by atoms with E-state index in [9.17, 15) is 9.18 Å². The lowest BCUT2D eigenvalue weighted by molar-refractivity contribution is -0.116. The van der Waals surface area contributed by atoms with Gasteiger partial charge in [-0.1, -0.05) is 12.1 Å². The molecule has 1 heterocycles. The molecule has 2 aromatic carbocycles. The van der Waals surface area contributed by atoms with Crippen molar-refractivity contribution in [2.75, 3.05) is 13.7 Å². The van der Waals surface area contributed by atoms with Crippen molar-refractivity contribution in [2.24, 2.45) is 5.73 Å². The van der Waals surface area contributed by atoms with Crippen LogP contribution in [0.5, 0.6) is 5.75 Å². The molecule has 3 rings (SSSR count). The van der Waals surface area contributed by atoms with Crippen LogP contribution in [0, 0.1) is 5.82 Å². The molecule has 146 valence electrons. The normalized spacial score (nSPS) is 12.0. The Bertz CT molecular complexity index is 963. The Hall–Kier alpha value is -2.98. The highest BCUT2D eigenvalue weighted by Crippen LogP contribution is 2.31. The van der Waals surface area contributed by atoms with Crippen molar-refractivity contribution in [1.82, 2.24) is 24.9 Å². The van der Waals surface area contributed by atoms with E-state index >= 15 is 0 Å². The summed E-state index contributed by atoms with van der Waals surface area (Å²) in [6.07, 6.45) is 0. The van der Waals surface area contributed by atoms with Gasteiger partial charge in [0.05, 0.1) is 24.6 Å². The van der Waals surface area contributed by atoms with Gasteiger partial charge < -0.3 is 10.5 Å². The first-order valence-corrected chi connectivity index (χ1v) is 9.21. The lowest BCUT2D eigenvalue weighted by Gasteiger charge is -2.10. The number of hydrogen-bond donors (Lipinski definition) is 2. The number of benzene rings is 2. The van der Waals surface area contributed by atoms with Crippen LogP contribution in [0.3, 0.4) is 0 Å². The van der Waals surface area contributed by atoms with E-state index in [0.29, 0.717) is 11.6 Å². The molecule has 10 heteroatoms. The average molecular weight is 402 g/mol. The van der Waals surface area contributed by atoms with E-state index in [1.165, 1.54) is 28.9 Å². The molecule has 0 fully saturated rings. The van der Waals surface area contributed by atoms with Gasteiger partial charge >= 0.3 is 0 Å². The fraction of sp³-hybridized carbons (Fsp3) is 0.222. The van der Waals surface area contributed by atoms with E-state index in [1.54, 1.807) is 25.3 Å². The third-order valence-electron chi connectivity index (χ3n) is 3.98. The summed E-state index contributed by atoms with van der Waals surface area (Å²) in [4.78, 5) is 13.1. The summed E-state index contributed by atoms with van der Waals surface area (Å²) in [5.74, 6) is 0.300. The summed E-state index contributed by atoms with van der Waals surface area (Å²) < 4.78 is 21.4. The van der Waals surface area contributed by atoms with Gasteiger partial charge in [0.25, 0.3) is 0 Å². The molecule has 28 heavy (non-hydrogen) atoms. The van der Waals surface area contributed by atoms with Gasteiger partial charge in [0, 0.05) is 5.56 Å². The van der Waals surface area contributed by atoms with Gasteiger partial charge in [-0.2, -0.15) is 4.80 Å². The molecule has 0 spiro atoms. The maximum Gasteiger partial charge on any atom is 0.232 e. The number of nitrogens with two attached hydrogens (primary N) is 1. The highest BCUT2D eigenvalue weighted by atomic mass is 32.2. The number of hydrogen-bond acceptors (Lipinski definition) is 7. The Morgan fingerprint density at radius 3 is 2.75 bits per heavy atom. The monoisotopic (exact) mass is 402 g/mol. The maximum atomic E-state index is 13.1. The highest BCUT2D eigenvalue weighted by molar-refractivity contribution is 7.97. The Morgan fingerprint density at radius 1 is 1.32 bits per heavy atom. The van der Waals surface area contributed by atoms with E-state index in [4.69, 9.17) is 10.5 Å². The molecule has 0 aliphatic rings. The SMILES string of the molecule is COc1cc(-c2nnn(C(C)c3ccc(F)cc3)n2)ccc1SNCC(N)=O. The lowest BCUT2D eigenvalue weighted by atomic mass is 10.1. The highest BCUT2D eigenvalue weighted by Gasteiger charge is 2.15. The number of carbonyl (C=O) groups excluding carboxylic acids is 1. The predicted molar refractivity (Wildman–Crippen MR) is 103 cm³/mol. The second kappa shape index (κ2) is 8.81. The van der Waals surface area contributed by atoms with Crippen LogP contribution in [-0.2, 0) is 4.79 Å². The first-order valence-electron chi connectivity index (χ1n) is 8.39. The number of aromatic nitrogens is 4. The molecule has 1 aromatic heterocycles. The van der Waals surface area contributed by atoms with Gasteiger partial charge in [-0.25, -0.2) is 4.39 Å². The Labute approximate surface area is 165 Å². The minimum atomic E-state index is -0.445. The van der Waals surface area contributed by atoms with Gasteiger partial charge in [-0.05, 0) is 60.0 Å². The lowest BCUT2D eigenvalue weighted by Crippen LogP contribution is -2.24. The predicted octanol–water partition coefficient (Wildman–Crippen LogP) is 2.18. The summed E-state index contributed by atoms with van der Waals surface area (Å²) in [5.41, 5.74) is 6.71. The zero-order valence-corrected chi connectivity index (χ0v) is 16.1. The van der Waals surface area contributed by atoms with Crippen molar-refractivity contribution in [3.05, 3.63) is 53.8 Å². The summed E-state index contributed by atoms with van der Waals surface area (Å²) in [5, 5.41) is 12.7. The number of rotatable bonds is 8.